The molecule has 0 radical (unpaired) electrons. The van der Waals surface area contributed by atoms with E-state index in [4.69, 9.17) is 15.3 Å². The van der Waals surface area contributed by atoms with Gasteiger partial charge in [-0.1, -0.05) is 0 Å². The summed E-state index contributed by atoms with van der Waals surface area (Å²) in [5, 5.41) is 45.1. The maximum Gasteiger partial charge on any atom is 0.335 e. The first-order valence-electron chi connectivity index (χ1n) is 4.84. The number of esters is 1. The molecule has 0 spiro atoms. The van der Waals surface area contributed by atoms with Gasteiger partial charge in [0.2, 0.25) is 0 Å². The van der Waals surface area contributed by atoms with Crippen molar-refractivity contribution in [3.63, 3.8) is 0 Å². The van der Waals surface area contributed by atoms with E-state index < -0.39 is 43.1 Å². The van der Waals surface area contributed by atoms with Crippen LogP contribution in [0.15, 0.2) is 0 Å². The van der Waals surface area contributed by atoms with Crippen molar-refractivity contribution in [3.8, 4) is 0 Å². The third kappa shape index (κ3) is 4.42. The Hall–Kier alpha value is -0.730. The van der Waals surface area contributed by atoms with E-state index in [1.807, 2.05) is 0 Å². The van der Waals surface area contributed by atoms with Gasteiger partial charge < -0.3 is 30.3 Å². The van der Waals surface area contributed by atoms with Gasteiger partial charge in [-0.15, -0.1) is 0 Å². The number of carbonyl (C=O) groups excluding carboxylic acids is 1. The quantitative estimate of drug-likeness (QED) is 0.320. The van der Waals surface area contributed by atoms with Crippen molar-refractivity contribution in [2.45, 2.75) is 44.4 Å². The standard InChI is InChI=1S/C9H18O7/c1-4(11)9(15)16-5(2)7(13)8(14)6(12)3-10/h4-8,10-14H,3H2,1-2H3. The largest absolute Gasteiger partial charge is 0.458 e. The van der Waals surface area contributed by atoms with Crippen LogP contribution < -0.4 is 0 Å². The summed E-state index contributed by atoms with van der Waals surface area (Å²) in [5.74, 6) is -0.947. The van der Waals surface area contributed by atoms with Gasteiger partial charge in [0.05, 0.1) is 6.61 Å². The van der Waals surface area contributed by atoms with Crippen LogP contribution in [0.25, 0.3) is 0 Å². The Morgan fingerprint density at radius 1 is 1.12 bits per heavy atom. The zero-order valence-electron chi connectivity index (χ0n) is 9.15. The number of hydrogen-bond acceptors (Lipinski definition) is 7. The second-order valence-corrected chi connectivity index (χ2v) is 3.55. The number of ether oxygens (including phenoxy) is 1. The van der Waals surface area contributed by atoms with Crippen LogP contribution in [0.2, 0.25) is 0 Å². The number of aliphatic hydroxyl groups is 5. The minimum Gasteiger partial charge on any atom is -0.458 e. The lowest BCUT2D eigenvalue weighted by Gasteiger charge is -2.26. The molecule has 0 amide bonds. The van der Waals surface area contributed by atoms with E-state index >= 15 is 0 Å². The van der Waals surface area contributed by atoms with Gasteiger partial charge in [-0.25, -0.2) is 4.79 Å². The minimum atomic E-state index is -1.64. The Morgan fingerprint density at radius 3 is 2.00 bits per heavy atom. The van der Waals surface area contributed by atoms with E-state index in [0.29, 0.717) is 0 Å². The van der Waals surface area contributed by atoms with Crippen molar-refractivity contribution in [1.82, 2.24) is 0 Å². The molecule has 0 aromatic rings. The van der Waals surface area contributed by atoms with Crippen molar-refractivity contribution < 1.29 is 35.1 Å². The fourth-order valence-electron chi connectivity index (χ4n) is 0.965. The fraction of sp³-hybridized carbons (Fsp3) is 0.889. The van der Waals surface area contributed by atoms with Crippen LogP contribution in [-0.2, 0) is 9.53 Å². The van der Waals surface area contributed by atoms with Gasteiger partial charge >= 0.3 is 5.97 Å². The first-order chi connectivity index (χ1) is 7.31. The average Bonchev–Trinajstić information content (AvgIpc) is 2.25. The summed E-state index contributed by atoms with van der Waals surface area (Å²) >= 11 is 0. The second kappa shape index (κ2) is 6.77. The van der Waals surface area contributed by atoms with E-state index in [2.05, 4.69) is 4.74 Å². The molecule has 0 aliphatic heterocycles. The summed E-state index contributed by atoms with van der Waals surface area (Å²) in [6.07, 6.45) is -7.16. The molecule has 0 aromatic carbocycles. The van der Waals surface area contributed by atoms with E-state index in [1.165, 1.54) is 13.8 Å². The van der Waals surface area contributed by atoms with Gasteiger partial charge in [-0.05, 0) is 13.8 Å². The van der Waals surface area contributed by atoms with Crippen LogP contribution in [-0.4, -0.2) is 68.6 Å². The minimum absolute atomic E-state index is 0.727. The van der Waals surface area contributed by atoms with Gasteiger partial charge in [-0.3, -0.25) is 0 Å². The van der Waals surface area contributed by atoms with Crippen molar-refractivity contribution in [3.05, 3.63) is 0 Å². The highest BCUT2D eigenvalue weighted by molar-refractivity contribution is 5.73. The van der Waals surface area contributed by atoms with E-state index in [1.54, 1.807) is 0 Å². The van der Waals surface area contributed by atoms with Crippen LogP contribution in [0.4, 0.5) is 0 Å². The van der Waals surface area contributed by atoms with Gasteiger partial charge in [-0.2, -0.15) is 0 Å². The lowest BCUT2D eigenvalue weighted by Crippen LogP contribution is -2.46. The molecule has 7 nitrogen and oxygen atoms in total. The molecule has 0 saturated heterocycles. The topological polar surface area (TPSA) is 127 Å². The molecular weight excluding hydrogens is 220 g/mol. The second-order valence-electron chi connectivity index (χ2n) is 3.55. The zero-order chi connectivity index (χ0) is 12.9. The van der Waals surface area contributed by atoms with Gasteiger partial charge in [0.25, 0.3) is 0 Å². The van der Waals surface area contributed by atoms with Crippen LogP contribution in [0.5, 0.6) is 0 Å². The first-order valence-corrected chi connectivity index (χ1v) is 4.84. The number of rotatable bonds is 6. The third-order valence-electron chi connectivity index (χ3n) is 2.06. The lowest BCUT2D eigenvalue weighted by atomic mass is 10.0. The number of aliphatic hydroxyl groups excluding tert-OH is 5. The molecule has 0 bridgehead atoms. The van der Waals surface area contributed by atoms with E-state index in [9.17, 15) is 15.0 Å². The summed E-state index contributed by atoms with van der Waals surface area (Å²) in [7, 11) is 0. The average molecular weight is 238 g/mol. The highest BCUT2D eigenvalue weighted by Crippen LogP contribution is 2.08. The highest BCUT2D eigenvalue weighted by Gasteiger charge is 2.31. The van der Waals surface area contributed by atoms with Gasteiger partial charge in [0.1, 0.15) is 30.5 Å². The third-order valence-corrected chi connectivity index (χ3v) is 2.06. The molecule has 0 aromatic heterocycles. The molecule has 7 heteroatoms. The molecule has 0 fully saturated rings. The smallest absolute Gasteiger partial charge is 0.335 e. The molecule has 5 atom stereocenters. The summed E-state index contributed by atoms with van der Waals surface area (Å²) in [5.41, 5.74) is 0. The van der Waals surface area contributed by atoms with E-state index in [0.717, 1.165) is 0 Å². The maximum atomic E-state index is 10.9. The van der Waals surface area contributed by atoms with E-state index in [-0.39, 0.29) is 0 Å². The Balaban J connectivity index is 4.27. The SMILES string of the molecule is CC(O)C(=O)OC(C)C(O)C(O)C(O)CO. The van der Waals surface area contributed by atoms with Crippen molar-refractivity contribution in [1.29, 1.82) is 0 Å². The summed E-state index contributed by atoms with van der Waals surface area (Å²) in [6, 6.07) is 0. The van der Waals surface area contributed by atoms with Crippen molar-refractivity contribution >= 4 is 5.97 Å². The van der Waals surface area contributed by atoms with Crippen LogP contribution in [0, 0.1) is 0 Å². The molecule has 0 rings (SSSR count). The van der Waals surface area contributed by atoms with Gasteiger partial charge in [0, 0.05) is 0 Å². The van der Waals surface area contributed by atoms with Crippen LogP contribution in [0.3, 0.4) is 0 Å². The Morgan fingerprint density at radius 2 is 1.62 bits per heavy atom. The molecular formula is C9H18O7. The fourth-order valence-corrected chi connectivity index (χ4v) is 0.965. The summed E-state index contributed by atoms with van der Waals surface area (Å²) < 4.78 is 4.60. The predicted octanol–water partition coefficient (Wildman–Crippen LogP) is -2.63. The Labute approximate surface area is 92.9 Å². The zero-order valence-corrected chi connectivity index (χ0v) is 9.15. The lowest BCUT2D eigenvalue weighted by molar-refractivity contribution is -0.171. The van der Waals surface area contributed by atoms with Crippen molar-refractivity contribution in [2.75, 3.05) is 6.61 Å². The number of carbonyl (C=O) groups is 1. The Bertz CT molecular complexity index is 218. The first kappa shape index (κ1) is 15.3. The van der Waals surface area contributed by atoms with Gasteiger partial charge in [0.15, 0.2) is 0 Å². The maximum absolute atomic E-state index is 10.9. The molecule has 16 heavy (non-hydrogen) atoms. The monoisotopic (exact) mass is 238 g/mol. The number of hydrogen-bond donors (Lipinski definition) is 5. The highest BCUT2D eigenvalue weighted by atomic mass is 16.6. The summed E-state index contributed by atoms with van der Waals surface area (Å²) in [4.78, 5) is 10.9. The summed E-state index contributed by atoms with van der Waals surface area (Å²) in [6.45, 7) is 1.76. The predicted molar refractivity (Wildman–Crippen MR) is 52.3 cm³/mol. The molecule has 0 aliphatic rings. The molecule has 5 N–H and O–H groups in total. The normalized spacial score (nSPS) is 20.7. The molecule has 0 aliphatic carbocycles. The molecule has 0 saturated carbocycles. The molecule has 96 valence electrons. The van der Waals surface area contributed by atoms with Crippen LogP contribution >= 0.6 is 0 Å². The Kier molecular flexibility index (Phi) is 6.46. The van der Waals surface area contributed by atoms with Crippen LogP contribution in [0.1, 0.15) is 13.8 Å². The molecule has 0 heterocycles. The molecule has 5 unspecified atom stereocenters. The van der Waals surface area contributed by atoms with Crippen molar-refractivity contribution in [2.24, 2.45) is 0 Å².